The summed E-state index contributed by atoms with van der Waals surface area (Å²) in [7, 11) is 0. The Kier molecular flexibility index (Phi) is 9.14. The van der Waals surface area contributed by atoms with Gasteiger partial charge in [0.2, 0.25) is 0 Å². The van der Waals surface area contributed by atoms with Gasteiger partial charge in [-0.25, -0.2) is 0 Å². The van der Waals surface area contributed by atoms with Crippen molar-refractivity contribution in [3.05, 3.63) is 0 Å². The third-order valence-corrected chi connectivity index (χ3v) is 3.09. The smallest absolute Gasteiger partial charge is 0.309 e. The van der Waals surface area contributed by atoms with Gasteiger partial charge in [0, 0.05) is 13.2 Å². The normalized spacial score (nSPS) is 11.7. The quantitative estimate of drug-likeness (QED) is 0.561. The lowest BCUT2D eigenvalue weighted by Gasteiger charge is -2.18. The van der Waals surface area contributed by atoms with Crippen LogP contribution in [0.3, 0.4) is 0 Å². The second-order valence-electron chi connectivity index (χ2n) is 5.32. The molecule has 0 saturated heterocycles. The molecule has 0 bridgehead atoms. The lowest BCUT2D eigenvalue weighted by Crippen LogP contribution is -2.25. The van der Waals surface area contributed by atoms with Gasteiger partial charge in [0.05, 0.1) is 5.41 Å². The van der Waals surface area contributed by atoms with E-state index in [9.17, 15) is 4.79 Å². The van der Waals surface area contributed by atoms with Crippen LogP contribution < -0.4 is 0 Å². The summed E-state index contributed by atoms with van der Waals surface area (Å²) in [6.45, 7) is 7.01. The summed E-state index contributed by atoms with van der Waals surface area (Å²) in [5.74, 6) is -0.749. The fraction of sp³-hybridized carbons (Fsp3) is 0.929. The standard InChI is InChI=1S/C14H28O3/c1-4-5-6-7-8-9-11-17-12-10-14(2,3)13(15)16/h4-12H2,1-3H3,(H,15,16). The monoisotopic (exact) mass is 244 g/mol. The predicted molar refractivity (Wildman–Crippen MR) is 70.2 cm³/mol. The topological polar surface area (TPSA) is 46.5 Å². The van der Waals surface area contributed by atoms with Gasteiger partial charge in [-0.05, 0) is 26.7 Å². The van der Waals surface area contributed by atoms with Crippen molar-refractivity contribution in [1.82, 2.24) is 0 Å². The first kappa shape index (κ1) is 16.4. The van der Waals surface area contributed by atoms with Crippen molar-refractivity contribution in [3.8, 4) is 0 Å². The highest BCUT2D eigenvalue weighted by molar-refractivity contribution is 5.73. The van der Waals surface area contributed by atoms with Crippen LogP contribution in [0.5, 0.6) is 0 Å². The largest absolute Gasteiger partial charge is 0.481 e. The van der Waals surface area contributed by atoms with Crippen molar-refractivity contribution in [2.75, 3.05) is 13.2 Å². The van der Waals surface area contributed by atoms with Gasteiger partial charge in [0.1, 0.15) is 0 Å². The molecule has 0 aromatic rings. The van der Waals surface area contributed by atoms with Gasteiger partial charge >= 0.3 is 5.97 Å². The van der Waals surface area contributed by atoms with Crippen LogP contribution in [0.4, 0.5) is 0 Å². The van der Waals surface area contributed by atoms with Crippen LogP contribution in [0.15, 0.2) is 0 Å². The average molecular weight is 244 g/mol. The van der Waals surface area contributed by atoms with E-state index in [2.05, 4.69) is 6.92 Å². The fourth-order valence-corrected chi connectivity index (χ4v) is 1.52. The van der Waals surface area contributed by atoms with Gasteiger partial charge in [-0.3, -0.25) is 4.79 Å². The van der Waals surface area contributed by atoms with Crippen LogP contribution in [-0.2, 0) is 9.53 Å². The highest BCUT2D eigenvalue weighted by atomic mass is 16.5. The van der Waals surface area contributed by atoms with Gasteiger partial charge in [0.15, 0.2) is 0 Å². The molecule has 3 heteroatoms. The van der Waals surface area contributed by atoms with Crippen molar-refractivity contribution in [2.45, 2.75) is 65.7 Å². The molecule has 0 atom stereocenters. The Labute approximate surface area is 106 Å². The summed E-state index contributed by atoms with van der Waals surface area (Å²) < 4.78 is 5.46. The van der Waals surface area contributed by atoms with E-state index in [4.69, 9.17) is 9.84 Å². The van der Waals surface area contributed by atoms with Crippen LogP contribution in [0.2, 0.25) is 0 Å². The number of carbonyl (C=O) groups is 1. The summed E-state index contributed by atoms with van der Waals surface area (Å²) >= 11 is 0. The van der Waals surface area contributed by atoms with Gasteiger partial charge in [-0.1, -0.05) is 39.0 Å². The van der Waals surface area contributed by atoms with E-state index in [1.165, 1.54) is 32.1 Å². The zero-order valence-electron chi connectivity index (χ0n) is 11.6. The molecule has 0 radical (unpaired) electrons. The second-order valence-corrected chi connectivity index (χ2v) is 5.32. The fourth-order valence-electron chi connectivity index (χ4n) is 1.52. The maximum Gasteiger partial charge on any atom is 0.309 e. The Bertz CT molecular complexity index is 200. The van der Waals surface area contributed by atoms with Gasteiger partial charge in [-0.2, -0.15) is 0 Å². The lowest BCUT2D eigenvalue weighted by molar-refractivity contribution is -0.148. The number of carboxylic acid groups (broad SMARTS) is 1. The summed E-state index contributed by atoms with van der Waals surface area (Å²) in [6.07, 6.45) is 8.12. The molecular weight excluding hydrogens is 216 g/mol. The molecule has 0 unspecified atom stereocenters. The molecule has 0 aliphatic heterocycles. The average Bonchev–Trinajstić information content (AvgIpc) is 2.26. The molecule has 102 valence electrons. The van der Waals surface area contributed by atoms with Crippen molar-refractivity contribution in [3.63, 3.8) is 0 Å². The van der Waals surface area contributed by atoms with E-state index in [0.717, 1.165) is 13.0 Å². The lowest BCUT2D eigenvalue weighted by atomic mass is 9.90. The van der Waals surface area contributed by atoms with Crippen LogP contribution in [-0.4, -0.2) is 24.3 Å². The van der Waals surface area contributed by atoms with Gasteiger partial charge in [0.25, 0.3) is 0 Å². The first-order valence-electron chi connectivity index (χ1n) is 6.82. The molecule has 0 heterocycles. The number of unbranched alkanes of at least 4 members (excludes halogenated alkanes) is 5. The Hall–Kier alpha value is -0.570. The molecule has 0 aliphatic rings. The second kappa shape index (κ2) is 9.46. The van der Waals surface area contributed by atoms with E-state index in [1.54, 1.807) is 13.8 Å². The SMILES string of the molecule is CCCCCCCCOCCC(C)(C)C(=O)O. The van der Waals surface area contributed by atoms with Crippen molar-refractivity contribution >= 4 is 5.97 Å². The highest BCUT2D eigenvalue weighted by Gasteiger charge is 2.26. The molecule has 0 fully saturated rings. The summed E-state index contributed by atoms with van der Waals surface area (Å²) in [5, 5.41) is 8.91. The number of aliphatic carboxylic acids is 1. The Morgan fingerprint density at radius 3 is 2.24 bits per heavy atom. The zero-order chi connectivity index (χ0) is 13.1. The Morgan fingerprint density at radius 2 is 1.65 bits per heavy atom. The van der Waals surface area contributed by atoms with Gasteiger partial charge in [-0.15, -0.1) is 0 Å². The third kappa shape index (κ3) is 9.16. The molecule has 0 spiro atoms. The molecule has 3 nitrogen and oxygen atoms in total. The number of ether oxygens (including phenoxy) is 1. The molecular formula is C14H28O3. The minimum atomic E-state index is -0.749. The molecule has 0 rings (SSSR count). The summed E-state index contributed by atoms with van der Waals surface area (Å²) in [6, 6.07) is 0. The summed E-state index contributed by atoms with van der Waals surface area (Å²) in [4.78, 5) is 10.8. The highest BCUT2D eigenvalue weighted by Crippen LogP contribution is 2.20. The van der Waals surface area contributed by atoms with Crippen molar-refractivity contribution in [1.29, 1.82) is 0 Å². The molecule has 17 heavy (non-hydrogen) atoms. The number of rotatable bonds is 11. The number of hydrogen-bond donors (Lipinski definition) is 1. The van der Waals surface area contributed by atoms with Crippen LogP contribution in [0, 0.1) is 5.41 Å². The third-order valence-electron chi connectivity index (χ3n) is 3.09. The molecule has 1 N–H and O–H groups in total. The predicted octanol–water partition coefficient (Wildman–Crippen LogP) is 3.86. The maximum absolute atomic E-state index is 10.8. The first-order chi connectivity index (χ1) is 8.00. The van der Waals surface area contributed by atoms with E-state index in [-0.39, 0.29) is 0 Å². The Balaban J connectivity index is 3.27. The van der Waals surface area contributed by atoms with E-state index >= 15 is 0 Å². The molecule has 0 aromatic heterocycles. The minimum Gasteiger partial charge on any atom is -0.481 e. The van der Waals surface area contributed by atoms with Gasteiger partial charge < -0.3 is 9.84 Å². The summed E-state index contributed by atoms with van der Waals surface area (Å²) in [5.41, 5.74) is -0.666. The van der Waals surface area contributed by atoms with Crippen LogP contribution in [0.1, 0.15) is 65.7 Å². The number of carboxylic acids is 1. The Morgan fingerprint density at radius 1 is 1.06 bits per heavy atom. The molecule has 0 saturated carbocycles. The van der Waals surface area contributed by atoms with Crippen LogP contribution in [0.25, 0.3) is 0 Å². The zero-order valence-corrected chi connectivity index (χ0v) is 11.6. The van der Waals surface area contributed by atoms with Crippen LogP contribution >= 0.6 is 0 Å². The van der Waals surface area contributed by atoms with Crippen molar-refractivity contribution in [2.24, 2.45) is 5.41 Å². The maximum atomic E-state index is 10.8. The molecule has 0 amide bonds. The van der Waals surface area contributed by atoms with E-state index < -0.39 is 11.4 Å². The number of hydrogen-bond acceptors (Lipinski definition) is 2. The molecule has 0 aliphatic carbocycles. The molecule has 0 aromatic carbocycles. The van der Waals surface area contributed by atoms with Crippen molar-refractivity contribution < 1.29 is 14.6 Å². The minimum absolute atomic E-state index is 0.550. The first-order valence-corrected chi connectivity index (χ1v) is 6.82. The van der Waals surface area contributed by atoms with E-state index in [0.29, 0.717) is 13.0 Å². The van der Waals surface area contributed by atoms with E-state index in [1.807, 2.05) is 0 Å².